The minimum absolute atomic E-state index is 0.535. The Kier molecular flexibility index (Phi) is 11.9. The van der Waals surface area contributed by atoms with Crippen LogP contribution in [-0.2, 0) is 3.83 Å². The van der Waals surface area contributed by atoms with Crippen LogP contribution >= 0.6 is 22.8 Å². The summed E-state index contributed by atoms with van der Waals surface area (Å²) in [5.41, 5.74) is 0. The van der Waals surface area contributed by atoms with E-state index in [4.69, 9.17) is 4.19 Å². The fourth-order valence-corrected chi connectivity index (χ4v) is 6.20. The molecule has 0 spiro atoms. The zero-order valence-corrected chi connectivity index (χ0v) is 11.9. The molecule has 0 rings (SSSR count). The van der Waals surface area contributed by atoms with Crippen LogP contribution in [0.25, 0.3) is 0 Å². The molecule has 0 aromatic heterocycles. The van der Waals surface area contributed by atoms with Crippen LogP contribution in [0.15, 0.2) is 0 Å². The van der Waals surface area contributed by atoms with E-state index in [1.54, 1.807) is 0 Å². The van der Waals surface area contributed by atoms with Gasteiger partial charge in [0.15, 0.2) is 0 Å². The van der Waals surface area contributed by atoms with Crippen molar-refractivity contribution in [3.63, 3.8) is 0 Å². The Morgan fingerprint density at radius 3 is 2.83 bits per heavy atom. The summed E-state index contributed by atoms with van der Waals surface area (Å²) in [5.74, 6) is 2.10. The molecule has 0 saturated heterocycles. The van der Waals surface area contributed by atoms with Crippen molar-refractivity contribution in [3.05, 3.63) is 0 Å². The Bertz CT molecular complexity index is 124. The second-order valence-electron chi connectivity index (χ2n) is 2.10. The summed E-state index contributed by atoms with van der Waals surface area (Å²) in [6.45, 7) is 0. The van der Waals surface area contributed by atoms with E-state index in [2.05, 4.69) is 12.6 Å². The summed E-state index contributed by atoms with van der Waals surface area (Å²) < 4.78 is 18.9. The molecule has 12 heavy (non-hydrogen) atoms. The van der Waals surface area contributed by atoms with E-state index in [-0.39, 0.29) is 0 Å². The van der Waals surface area contributed by atoms with Gasteiger partial charge in [0.25, 0.3) is 0 Å². The molecule has 0 bridgehead atoms. The third kappa shape index (κ3) is 11.5. The van der Waals surface area contributed by atoms with Gasteiger partial charge in [-0.25, -0.2) is 0 Å². The normalized spacial score (nSPS) is 13.2. The summed E-state index contributed by atoms with van der Waals surface area (Å²) in [6.07, 6.45) is 2.04. The molecule has 0 aliphatic rings. The van der Waals surface area contributed by atoms with Gasteiger partial charge in [-0.3, -0.25) is 0 Å². The Morgan fingerprint density at radius 1 is 1.50 bits per heavy atom. The first-order chi connectivity index (χ1) is 5.77. The zero-order chi connectivity index (χ0) is 9.23. The van der Waals surface area contributed by atoms with Gasteiger partial charge in [0.05, 0.1) is 0 Å². The van der Waals surface area contributed by atoms with Gasteiger partial charge in [-0.2, -0.15) is 0 Å². The van der Waals surface area contributed by atoms with Crippen molar-refractivity contribution in [1.82, 2.24) is 0 Å². The van der Waals surface area contributed by atoms with Crippen LogP contribution in [0.5, 0.6) is 0 Å². The summed E-state index contributed by atoms with van der Waals surface area (Å²) in [4.78, 5) is 0. The van der Waals surface area contributed by atoms with Gasteiger partial charge in [-0.15, -0.1) is 0 Å². The summed E-state index contributed by atoms with van der Waals surface area (Å²) >= 11 is 2.39. The SMILES string of the molecule is O=[Se](O)CCCC[Se]SCCS. The molecule has 2 nitrogen and oxygen atoms in total. The molecule has 1 atom stereocenters. The van der Waals surface area contributed by atoms with Gasteiger partial charge in [-0.1, -0.05) is 0 Å². The number of hydrogen-bond acceptors (Lipinski definition) is 3. The third-order valence-electron chi connectivity index (χ3n) is 1.05. The van der Waals surface area contributed by atoms with Crippen LogP contribution in [0.2, 0.25) is 10.6 Å². The average molecular weight is 340 g/mol. The fourth-order valence-electron chi connectivity index (χ4n) is 0.542. The monoisotopic (exact) mass is 342 g/mol. The van der Waals surface area contributed by atoms with Crippen LogP contribution in [0.3, 0.4) is 0 Å². The second kappa shape index (κ2) is 10.6. The summed E-state index contributed by atoms with van der Waals surface area (Å²) in [7, 11) is 1.97. The molecule has 0 aliphatic carbocycles. The maximum absolute atomic E-state index is 10.3. The van der Waals surface area contributed by atoms with Gasteiger partial charge < -0.3 is 0 Å². The molecule has 6 heteroatoms. The molecule has 1 N–H and O–H groups in total. The minimum atomic E-state index is -2.38. The van der Waals surface area contributed by atoms with Crippen molar-refractivity contribution in [2.75, 3.05) is 11.5 Å². The molecule has 0 aromatic rings. The number of thiol groups is 1. The molecule has 0 radical (unpaired) electrons. The number of rotatable bonds is 8. The van der Waals surface area contributed by atoms with E-state index in [1.807, 2.05) is 10.2 Å². The van der Waals surface area contributed by atoms with Crippen LogP contribution in [0, 0.1) is 0 Å². The van der Waals surface area contributed by atoms with E-state index in [9.17, 15) is 3.83 Å². The van der Waals surface area contributed by atoms with Gasteiger partial charge >= 0.3 is 93.8 Å². The maximum atomic E-state index is 10.3. The van der Waals surface area contributed by atoms with Crippen molar-refractivity contribution in [1.29, 1.82) is 0 Å². The van der Waals surface area contributed by atoms with Crippen LogP contribution < -0.4 is 0 Å². The van der Waals surface area contributed by atoms with Gasteiger partial charge in [-0.05, 0) is 0 Å². The summed E-state index contributed by atoms with van der Waals surface area (Å²) in [5, 5.41) is 1.76. The molecule has 1 unspecified atom stereocenters. The van der Waals surface area contributed by atoms with Gasteiger partial charge in [0, 0.05) is 0 Å². The van der Waals surface area contributed by atoms with Crippen LogP contribution in [-0.4, -0.2) is 43.7 Å². The third-order valence-corrected chi connectivity index (χ3v) is 7.38. The van der Waals surface area contributed by atoms with E-state index in [0.29, 0.717) is 19.2 Å². The Morgan fingerprint density at radius 2 is 2.25 bits per heavy atom. The predicted octanol–water partition coefficient (Wildman–Crippen LogP) is 1.38. The first-order valence-corrected chi connectivity index (χ1v) is 11.2. The Balaban J connectivity index is 2.86. The van der Waals surface area contributed by atoms with Crippen LogP contribution in [0.4, 0.5) is 0 Å². The fraction of sp³-hybridized carbons (Fsp3) is 1.00. The standard InChI is InChI=1S/C6H14O2S2Se2/c7-12(8)6-2-1-5-11-10-4-3-9/h9H,1-6H2,(H,7,8). The zero-order valence-electron chi connectivity index (χ0n) is 6.77. The molecule has 0 heterocycles. The first kappa shape index (κ1) is 13.5. The van der Waals surface area contributed by atoms with Gasteiger partial charge in [0.1, 0.15) is 0 Å². The van der Waals surface area contributed by atoms with Crippen LogP contribution in [0.1, 0.15) is 12.8 Å². The number of hydrogen-bond donors (Lipinski definition) is 2. The Hall–Kier alpha value is 1.50. The van der Waals surface area contributed by atoms with Crippen molar-refractivity contribution < 1.29 is 8.02 Å². The molecular formula is C6H14O2S2Se2. The predicted molar refractivity (Wildman–Crippen MR) is 59.6 cm³/mol. The quantitative estimate of drug-likeness (QED) is 0.398. The van der Waals surface area contributed by atoms with Crippen molar-refractivity contribution >= 4 is 50.8 Å². The number of unbranched alkanes of at least 4 members (excludes halogenated alkanes) is 1. The van der Waals surface area contributed by atoms with Gasteiger partial charge in [0.2, 0.25) is 0 Å². The van der Waals surface area contributed by atoms with E-state index in [1.165, 1.54) is 5.32 Å². The van der Waals surface area contributed by atoms with Crippen molar-refractivity contribution in [3.8, 4) is 0 Å². The molecule has 0 amide bonds. The van der Waals surface area contributed by atoms with Crippen molar-refractivity contribution in [2.24, 2.45) is 0 Å². The topological polar surface area (TPSA) is 37.3 Å². The molecule has 74 valence electrons. The van der Waals surface area contributed by atoms with Crippen molar-refractivity contribution in [2.45, 2.75) is 23.5 Å². The van der Waals surface area contributed by atoms with E-state index < -0.39 is 14.2 Å². The second-order valence-corrected chi connectivity index (χ2v) is 9.46. The first-order valence-electron chi connectivity index (χ1n) is 3.70. The molecule has 0 aliphatic heterocycles. The molecular weight excluding hydrogens is 326 g/mol. The van der Waals surface area contributed by atoms with E-state index in [0.717, 1.165) is 24.3 Å². The molecule has 0 aromatic carbocycles. The molecule has 0 saturated carbocycles. The van der Waals surface area contributed by atoms with E-state index >= 15 is 0 Å². The molecule has 0 fully saturated rings. The average Bonchev–Trinajstić information content (AvgIpc) is 2.02. The summed E-state index contributed by atoms with van der Waals surface area (Å²) in [6, 6.07) is 0. The Labute approximate surface area is 93.3 Å².